The van der Waals surface area contributed by atoms with E-state index in [0.717, 1.165) is 4.90 Å². The maximum absolute atomic E-state index is 12.5. The van der Waals surface area contributed by atoms with Crippen LogP contribution >= 0.6 is 23.2 Å². The Labute approximate surface area is 172 Å². The summed E-state index contributed by atoms with van der Waals surface area (Å²) < 4.78 is 5.05. The van der Waals surface area contributed by atoms with Crippen molar-refractivity contribution < 1.29 is 23.9 Å². The first-order valence-corrected chi connectivity index (χ1v) is 9.48. The van der Waals surface area contributed by atoms with Crippen molar-refractivity contribution in [2.45, 2.75) is 45.3 Å². The molecule has 2 N–H and O–H groups in total. The molecule has 152 valence electrons. The second-order valence-corrected chi connectivity index (χ2v) is 7.20. The van der Waals surface area contributed by atoms with E-state index in [1.54, 1.807) is 19.9 Å². The third kappa shape index (κ3) is 4.56. The van der Waals surface area contributed by atoms with E-state index in [-0.39, 0.29) is 5.02 Å². The zero-order chi connectivity index (χ0) is 21.1. The molecule has 0 saturated carbocycles. The zero-order valence-corrected chi connectivity index (χ0v) is 17.2. The summed E-state index contributed by atoms with van der Waals surface area (Å²) in [5, 5.41) is 5.77. The van der Waals surface area contributed by atoms with Gasteiger partial charge in [-0.05, 0) is 38.0 Å². The lowest BCUT2D eigenvalue weighted by Gasteiger charge is -2.23. The smallest absolute Gasteiger partial charge is 0.327 e. The summed E-state index contributed by atoms with van der Waals surface area (Å²) in [4.78, 5) is 49.7. The Bertz CT molecular complexity index is 810. The van der Waals surface area contributed by atoms with Crippen LogP contribution in [0, 0.1) is 0 Å². The number of nitrogens with zero attached hydrogens (tertiary/aromatic N) is 1. The van der Waals surface area contributed by atoms with Crippen molar-refractivity contribution in [2.75, 3.05) is 11.9 Å². The lowest BCUT2D eigenvalue weighted by molar-refractivity contribution is -0.155. The Morgan fingerprint density at radius 3 is 2.43 bits per heavy atom. The highest BCUT2D eigenvalue weighted by Gasteiger charge is 2.49. The number of ether oxygens (including phenoxy) is 1. The fraction of sp³-hybridized carbons (Fsp3) is 0.444. The summed E-state index contributed by atoms with van der Waals surface area (Å²) in [5.41, 5.74) is -0.699. The largest absolute Gasteiger partial charge is 0.451 e. The Hall–Kier alpha value is -2.32. The normalized spacial score (nSPS) is 16.5. The van der Waals surface area contributed by atoms with Gasteiger partial charge >= 0.3 is 12.0 Å². The molecule has 1 saturated heterocycles. The highest BCUT2D eigenvalue weighted by Crippen LogP contribution is 2.26. The number of nitrogens with one attached hydrogen (secondary N) is 2. The van der Waals surface area contributed by atoms with Crippen molar-refractivity contribution in [2.24, 2.45) is 0 Å². The molecule has 2 rings (SSSR count). The highest BCUT2D eigenvalue weighted by molar-refractivity contribution is 6.36. The number of hydrogen-bond donors (Lipinski definition) is 2. The molecule has 0 aliphatic carbocycles. The molecule has 8 nitrogen and oxygen atoms in total. The summed E-state index contributed by atoms with van der Waals surface area (Å²) in [7, 11) is 0. The molecule has 0 spiro atoms. The Balaban J connectivity index is 1.96. The predicted octanol–water partition coefficient (Wildman–Crippen LogP) is 2.97. The van der Waals surface area contributed by atoms with Crippen LogP contribution in [0.15, 0.2) is 18.2 Å². The molecule has 0 bridgehead atoms. The number of anilines is 1. The van der Waals surface area contributed by atoms with Crippen LogP contribution in [0.5, 0.6) is 0 Å². The van der Waals surface area contributed by atoms with Gasteiger partial charge in [-0.25, -0.2) is 4.79 Å². The van der Waals surface area contributed by atoms with Crippen LogP contribution in [0.3, 0.4) is 0 Å². The summed E-state index contributed by atoms with van der Waals surface area (Å²) in [6.07, 6.45) is -0.359. The number of amides is 4. The third-order valence-electron chi connectivity index (χ3n) is 4.61. The quantitative estimate of drug-likeness (QED) is 0.511. The molecule has 4 amide bonds. The number of carbonyl (C=O) groups excluding carboxylic acids is 4. The first-order chi connectivity index (χ1) is 13.1. The second kappa shape index (κ2) is 8.79. The van der Waals surface area contributed by atoms with E-state index in [0.29, 0.717) is 23.6 Å². The Morgan fingerprint density at radius 2 is 1.89 bits per heavy atom. The summed E-state index contributed by atoms with van der Waals surface area (Å²) >= 11 is 11.8. The van der Waals surface area contributed by atoms with E-state index in [1.165, 1.54) is 19.1 Å². The van der Waals surface area contributed by atoms with Crippen molar-refractivity contribution in [3.63, 3.8) is 0 Å². The first kappa shape index (κ1) is 22.0. The average molecular weight is 430 g/mol. The number of carbonyl (C=O) groups is 4. The molecule has 1 atom stereocenters. The fourth-order valence-corrected chi connectivity index (χ4v) is 3.25. The maximum Gasteiger partial charge on any atom is 0.327 e. The lowest BCUT2D eigenvalue weighted by Crippen LogP contribution is -2.46. The molecule has 10 heteroatoms. The minimum absolute atomic E-state index is 0.231. The van der Waals surface area contributed by atoms with E-state index in [2.05, 4.69) is 10.6 Å². The predicted molar refractivity (Wildman–Crippen MR) is 104 cm³/mol. The molecule has 1 aliphatic heterocycles. The molecule has 1 aromatic carbocycles. The number of halogens is 2. The van der Waals surface area contributed by atoms with E-state index in [4.69, 9.17) is 27.9 Å². The number of imide groups is 1. The second-order valence-electron chi connectivity index (χ2n) is 6.36. The molecule has 0 unspecified atom stereocenters. The van der Waals surface area contributed by atoms with Crippen LogP contribution in [0.2, 0.25) is 10.0 Å². The van der Waals surface area contributed by atoms with E-state index < -0.39 is 42.0 Å². The van der Waals surface area contributed by atoms with Crippen molar-refractivity contribution in [1.29, 1.82) is 0 Å². The molecular formula is C18H21Cl2N3O5. The van der Waals surface area contributed by atoms with Gasteiger partial charge < -0.3 is 15.4 Å². The Kier molecular flexibility index (Phi) is 6.90. The van der Waals surface area contributed by atoms with Crippen LogP contribution in [-0.4, -0.2) is 46.9 Å². The van der Waals surface area contributed by atoms with Crippen LogP contribution in [0.1, 0.15) is 33.6 Å². The average Bonchev–Trinajstić information content (AvgIpc) is 2.88. The number of esters is 1. The Morgan fingerprint density at radius 1 is 1.25 bits per heavy atom. The van der Waals surface area contributed by atoms with E-state index in [9.17, 15) is 19.2 Å². The maximum atomic E-state index is 12.5. The monoisotopic (exact) mass is 429 g/mol. The van der Waals surface area contributed by atoms with Crippen LogP contribution in [0.25, 0.3) is 0 Å². The van der Waals surface area contributed by atoms with Gasteiger partial charge in [-0.15, -0.1) is 0 Å². The lowest BCUT2D eigenvalue weighted by atomic mass is 9.93. The van der Waals surface area contributed by atoms with Crippen LogP contribution < -0.4 is 10.6 Å². The van der Waals surface area contributed by atoms with Gasteiger partial charge in [0.1, 0.15) is 12.1 Å². The molecule has 1 fully saturated rings. The van der Waals surface area contributed by atoms with E-state index in [1.807, 2.05) is 0 Å². The molecular weight excluding hydrogens is 409 g/mol. The summed E-state index contributed by atoms with van der Waals surface area (Å²) in [6.45, 7) is 4.34. The number of rotatable bonds is 7. The molecule has 1 heterocycles. The molecule has 28 heavy (non-hydrogen) atoms. The molecule has 1 aliphatic rings. The number of urea groups is 1. The van der Waals surface area contributed by atoms with Gasteiger partial charge in [0.2, 0.25) is 0 Å². The topological polar surface area (TPSA) is 105 Å². The minimum Gasteiger partial charge on any atom is -0.451 e. The van der Waals surface area contributed by atoms with Crippen LogP contribution in [-0.2, 0) is 19.1 Å². The van der Waals surface area contributed by atoms with Crippen LogP contribution in [0.4, 0.5) is 10.5 Å². The van der Waals surface area contributed by atoms with Crippen molar-refractivity contribution in [1.82, 2.24) is 10.2 Å². The number of hydrogen-bond acceptors (Lipinski definition) is 5. The molecule has 0 radical (unpaired) electrons. The fourth-order valence-electron chi connectivity index (χ4n) is 2.79. The standard InChI is InChI=1S/C18H21Cl2N3O5/c1-4-18(5-2)16(26)23(17(27)22-18)9-14(24)28-10(3)15(25)21-13-7-6-11(19)8-12(13)20/h6-8,10H,4-5,9H2,1-3H3,(H,21,25)(H,22,27)/t10-/m1/s1. The van der Waals surface area contributed by atoms with Crippen molar-refractivity contribution in [3.05, 3.63) is 28.2 Å². The van der Waals surface area contributed by atoms with Gasteiger partial charge in [0.25, 0.3) is 11.8 Å². The van der Waals surface area contributed by atoms with Gasteiger partial charge in [0, 0.05) is 5.02 Å². The van der Waals surface area contributed by atoms with Gasteiger partial charge in [-0.1, -0.05) is 37.0 Å². The van der Waals surface area contributed by atoms with Gasteiger partial charge in [-0.2, -0.15) is 0 Å². The summed E-state index contributed by atoms with van der Waals surface area (Å²) in [5.74, 6) is -1.98. The zero-order valence-electron chi connectivity index (χ0n) is 15.7. The van der Waals surface area contributed by atoms with Crippen molar-refractivity contribution >= 4 is 52.7 Å². The van der Waals surface area contributed by atoms with E-state index >= 15 is 0 Å². The SMILES string of the molecule is CCC1(CC)NC(=O)N(CC(=O)O[C@H](C)C(=O)Nc2ccc(Cl)cc2Cl)C1=O. The van der Waals surface area contributed by atoms with Crippen molar-refractivity contribution in [3.8, 4) is 0 Å². The highest BCUT2D eigenvalue weighted by atomic mass is 35.5. The first-order valence-electron chi connectivity index (χ1n) is 8.73. The van der Waals surface area contributed by atoms with Gasteiger partial charge in [0.15, 0.2) is 6.10 Å². The minimum atomic E-state index is -1.16. The molecule has 1 aromatic rings. The van der Waals surface area contributed by atoms with Gasteiger partial charge in [0.05, 0.1) is 10.7 Å². The third-order valence-corrected chi connectivity index (χ3v) is 5.15. The van der Waals surface area contributed by atoms with Gasteiger partial charge in [-0.3, -0.25) is 19.3 Å². The molecule has 0 aromatic heterocycles. The number of benzene rings is 1. The summed E-state index contributed by atoms with van der Waals surface area (Å²) in [6, 6.07) is 3.86.